The average Bonchev–Trinajstić information content (AvgIpc) is 0.741. The Hall–Kier alpha value is -5.02. The molecule has 0 aromatic rings. The topological polar surface area (TPSA) is 904 Å². The molecule has 33 N–H and O–H groups in total. The monoisotopic (exact) mass is 1920 g/mol. The molecule has 0 bridgehead atoms. The summed E-state index contributed by atoms with van der Waals surface area (Å²) >= 11 is 0. The first kappa shape index (κ1) is 108. The van der Waals surface area contributed by atoms with Crippen molar-refractivity contribution in [3.8, 4) is 0 Å². The molecule has 10 aliphatic rings. The third kappa shape index (κ3) is 24.1. The summed E-state index contributed by atoms with van der Waals surface area (Å²) in [5, 5.41) is 327. The van der Waals surface area contributed by atoms with E-state index in [2.05, 4.69) is 26.6 Å². The van der Waals surface area contributed by atoms with Gasteiger partial charge >= 0.3 is 5.97 Å². The van der Waals surface area contributed by atoms with Gasteiger partial charge in [-0.05, 0) is 6.92 Å². The van der Waals surface area contributed by atoms with Gasteiger partial charge in [0.1, 0.15) is 232 Å². The predicted molar refractivity (Wildman–Crippen MR) is 403 cm³/mol. The Morgan fingerprint density at radius 3 is 1.21 bits per heavy atom. The maximum absolute atomic E-state index is 13.5. The molecule has 0 aromatic carbocycles. The van der Waals surface area contributed by atoms with Crippen LogP contribution in [0.15, 0.2) is 0 Å². The van der Waals surface area contributed by atoms with Gasteiger partial charge in [0.2, 0.25) is 29.5 Å². The number of carbonyl (C=O) groups is 6. The molecule has 58 nitrogen and oxygen atoms in total. The molecule has 0 radical (unpaired) electrons. The summed E-state index contributed by atoms with van der Waals surface area (Å²) < 4.78 is 113. The molecule has 10 fully saturated rings. The van der Waals surface area contributed by atoms with Gasteiger partial charge in [-0.3, -0.25) is 24.0 Å². The molecule has 756 valence electrons. The zero-order valence-corrected chi connectivity index (χ0v) is 70.7. The number of carboxylic acids is 1. The van der Waals surface area contributed by atoms with Gasteiger partial charge < -0.3 is 260 Å². The van der Waals surface area contributed by atoms with Crippen molar-refractivity contribution in [3.63, 3.8) is 0 Å². The number of carbonyl (C=O) groups excluding carboxylic acids is 5. The second-order valence-electron chi connectivity index (χ2n) is 33.2. The molecular weight excluding hydrogens is 1790 g/mol. The molecule has 0 unspecified atom stereocenters. The van der Waals surface area contributed by atoms with Crippen LogP contribution in [0.3, 0.4) is 0 Å². The predicted octanol–water partition coefficient (Wildman–Crippen LogP) is -21.9. The lowest BCUT2D eigenvalue weighted by Crippen LogP contribution is -2.72. The van der Waals surface area contributed by atoms with Crippen molar-refractivity contribution >= 4 is 35.5 Å². The molecule has 131 heavy (non-hydrogen) atoms. The van der Waals surface area contributed by atoms with Crippen LogP contribution in [-0.2, 0) is 119 Å². The SMILES string of the molecule is CC(=O)N[C@@H]1[C@@H](O)[C@H](O[C@@H]2O[C@H](CO)[C@@H](O[C@@H]3O[C@H](CO[C@H]4O[C@H](CO)[C@@H](O)[C@H](O)[C@@H]4O[C@@H]4O[C@H](CO)[C@@H](O)[C@H](O)[C@H]4NC(C)=O)[C@@H](O)[C@H](O[C@H]4O[C@H](CO)[C@@H](O)[C@H](O)[C@@H]4O[C@@H]4O[C@H](CO)[C@@H](O)[C@H](O[C@@H]5O[C@H](CO)[C@H](O)[C@H](O[C@]6(C(=O)O)C[C@H](O)[C@@H](NC(C)=O)[C@H]([C@H](O)[C@H](O)CO)O6)[C@H]5O)[C@H]4NC(C)=O)[C@@H]3O)[C@H](O)[C@H]2NC(C)=O)[C@@H](CO[C@@H]2O[C@@H](C)[C@@H](O)[C@@H](O)[C@@H]2O)O[C@H]1O. The number of aliphatic carboxylic acids is 1. The summed E-state index contributed by atoms with van der Waals surface area (Å²) in [5.41, 5.74) is 0. The van der Waals surface area contributed by atoms with Crippen molar-refractivity contribution in [2.24, 2.45) is 0 Å². The van der Waals surface area contributed by atoms with E-state index in [-0.39, 0.29) is 0 Å². The van der Waals surface area contributed by atoms with Gasteiger partial charge in [-0.15, -0.1) is 0 Å². The van der Waals surface area contributed by atoms with E-state index in [4.69, 9.17) is 90.0 Å². The Kier molecular flexibility index (Phi) is 38.4. The third-order valence-electron chi connectivity index (χ3n) is 23.8. The van der Waals surface area contributed by atoms with E-state index in [0.29, 0.717) is 0 Å². The highest BCUT2D eigenvalue weighted by Crippen LogP contribution is 2.43. The number of hydrogen-bond donors (Lipinski definition) is 33. The van der Waals surface area contributed by atoms with Crippen molar-refractivity contribution in [1.29, 1.82) is 0 Å². The summed E-state index contributed by atoms with van der Waals surface area (Å²) in [4.78, 5) is 77.5. The number of amides is 5. The lowest BCUT2D eigenvalue weighted by atomic mass is 9.88. The number of hydrogen-bond acceptors (Lipinski definition) is 52. The molecule has 10 aliphatic heterocycles. The number of ether oxygens (including phenoxy) is 19. The fraction of sp³-hybridized carbons (Fsp3) is 0.918. The van der Waals surface area contributed by atoms with Crippen LogP contribution in [0, 0.1) is 0 Å². The van der Waals surface area contributed by atoms with Crippen molar-refractivity contribution in [3.05, 3.63) is 0 Å². The van der Waals surface area contributed by atoms with E-state index in [1.54, 1.807) is 0 Å². The first-order valence-corrected chi connectivity index (χ1v) is 41.6. The largest absolute Gasteiger partial charge is 0.477 e. The van der Waals surface area contributed by atoms with E-state index >= 15 is 0 Å². The minimum atomic E-state index is -3.36. The van der Waals surface area contributed by atoms with E-state index < -0.39 is 414 Å². The maximum Gasteiger partial charge on any atom is 0.364 e. The average molecular weight is 1920 g/mol. The summed E-state index contributed by atoms with van der Waals surface area (Å²) in [6.45, 7) is -4.71. The Morgan fingerprint density at radius 2 is 0.695 bits per heavy atom. The van der Waals surface area contributed by atoms with Gasteiger partial charge in [0.05, 0.1) is 77.7 Å². The standard InChI is InChI=1S/C73H121N5O53/c1-17-38(93)49(104)52(107)67(115-17)113-16-32-56(47(102)34(63(110)116-32)75-19(3)87)124-65-36(77-21(5)89)48(103)55(30(14-85)122-65)125-68-53(108)59(45(100)31(123-68)15-114-70-61(50(105)41(96)26(10-81)120-70)128-64-35(76-20(4)88)46(101)40(95)25(9-80)117-64)127-71-62(51(106)42(97)27(11-82)121-71)129-66-37(78-22(6)90)57(43(98)28(12-83)118-66)126-69-54(109)60(44(99)29(13-84)119-69)131-73(72(111)112)7-23(91)33(74-18(2)86)58(130-73)39(94)24(92)8-79/h17,23-71,79-85,91-110H,7-16H2,1-6H3,(H,74,86)(H,75,87)(H,76,88)(H,77,89)(H,78,90)(H,111,112)/t17-,23-,24+,25+,26+,27+,28+,29+,30+,31+,32+,33+,34+,35+,36+,37+,38+,39+,40+,41+,42+,43+,44-,45+,46+,47+,48+,49+,50-,51-,52-,53-,54+,55+,56+,57+,58+,59-,60-,61-,62-,63+,64-,65-,66-,67+,68-,69-,70-,71+,73-/m0/s1. The molecule has 5 amide bonds. The third-order valence-corrected chi connectivity index (χ3v) is 23.8. The molecule has 10 heterocycles. The zero-order valence-electron chi connectivity index (χ0n) is 70.7. The molecule has 58 heteroatoms. The normalized spacial score (nSPS) is 47.5. The summed E-state index contributed by atoms with van der Waals surface area (Å²) in [6.07, 6.45) is -99.5. The Bertz CT molecular complexity index is 3670. The fourth-order valence-corrected chi connectivity index (χ4v) is 16.9. The lowest BCUT2D eigenvalue weighted by Gasteiger charge is -2.52. The first-order valence-electron chi connectivity index (χ1n) is 41.6. The fourth-order valence-electron chi connectivity index (χ4n) is 16.9. The van der Waals surface area contributed by atoms with E-state index in [9.17, 15) is 172 Å². The quantitative estimate of drug-likeness (QED) is 0.0280. The van der Waals surface area contributed by atoms with Crippen molar-refractivity contribution < 1.29 is 262 Å². The molecule has 10 saturated heterocycles. The highest BCUT2D eigenvalue weighted by molar-refractivity contribution is 5.77. The number of rotatable bonds is 35. The van der Waals surface area contributed by atoms with Gasteiger partial charge in [-0.2, -0.15) is 0 Å². The van der Waals surface area contributed by atoms with Gasteiger partial charge in [0.25, 0.3) is 5.79 Å². The first-order chi connectivity index (χ1) is 61.7. The van der Waals surface area contributed by atoms with Gasteiger partial charge in [0, 0.05) is 41.0 Å². The molecule has 0 spiro atoms. The van der Waals surface area contributed by atoms with Crippen LogP contribution in [0.2, 0.25) is 0 Å². The van der Waals surface area contributed by atoms with Crippen molar-refractivity contribution in [2.45, 2.75) is 360 Å². The summed E-state index contributed by atoms with van der Waals surface area (Å²) in [7, 11) is 0. The van der Waals surface area contributed by atoms with Gasteiger partial charge in [0.15, 0.2) is 56.6 Å². The van der Waals surface area contributed by atoms with Crippen LogP contribution in [0.4, 0.5) is 0 Å². The van der Waals surface area contributed by atoms with Crippen LogP contribution in [-0.4, -0.2) is 550 Å². The number of carboxylic acid groups (broad SMARTS) is 1. The van der Waals surface area contributed by atoms with E-state index in [1.807, 2.05) is 0 Å². The van der Waals surface area contributed by atoms with Crippen LogP contribution in [0.25, 0.3) is 0 Å². The number of aliphatic hydroxyl groups excluding tert-OH is 27. The molecule has 0 aromatic heterocycles. The van der Waals surface area contributed by atoms with E-state index in [0.717, 1.165) is 34.6 Å². The Labute approximate surface area is 741 Å². The van der Waals surface area contributed by atoms with E-state index in [1.165, 1.54) is 6.92 Å². The van der Waals surface area contributed by atoms with Gasteiger partial charge in [-0.1, -0.05) is 0 Å². The lowest BCUT2D eigenvalue weighted by molar-refractivity contribution is -0.400. The van der Waals surface area contributed by atoms with Crippen LogP contribution in [0.1, 0.15) is 48.0 Å². The smallest absolute Gasteiger partial charge is 0.364 e. The zero-order chi connectivity index (χ0) is 96.9. The molecule has 10 rings (SSSR count). The number of aliphatic hydroxyl groups is 27. The molecular formula is C73H121N5O53. The maximum atomic E-state index is 13.5. The molecule has 0 saturated carbocycles. The van der Waals surface area contributed by atoms with Crippen molar-refractivity contribution in [1.82, 2.24) is 26.6 Å². The Morgan fingerprint density at radius 1 is 0.328 bits per heavy atom. The summed E-state index contributed by atoms with van der Waals surface area (Å²) in [5.74, 6) is -10.3. The minimum absolute atomic E-state index is 0.841. The minimum Gasteiger partial charge on any atom is -0.477 e. The molecule has 0 aliphatic carbocycles. The second kappa shape index (κ2) is 46.6. The highest BCUT2D eigenvalue weighted by Gasteiger charge is 2.64. The highest BCUT2D eigenvalue weighted by atomic mass is 16.8. The second-order valence-corrected chi connectivity index (χ2v) is 33.2. The molecule has 51 atom stereocenters. The van der Waals surface area contributed by atoms with Crippen LogP contribution >= 0.6 is 0 Å². The van der Waals surface area contributed by atoms with Crippen LogP contribution < -0.4 is 26.6 Å². The Balaban J connectivity index is 0.996. The number of nitrogens with one attached hydrogen (secondary N) is 5. The van der Waals surface area contributed by atoms with Crippen molar-refractivity contribution in [2.75, 3.05) is 59.5 Å². The van der Waals surface area contributed by atoms with Gasteiger partial charge in [-0.25, -0.2) is 4.79 Å². The van der Waals surface area contributed by atoms with Crippen LogP contribution in [0.5, 0.6) is 0 Å². The summed E-state index contributed by atoms with van der Waals surface area (Å²) in [6, 6.07) is -9.59.